The molecule has 2 aromatic carbocycles. The highest BCUT2D eigenvalue weighted by Crippen LogP contribution is 2.24. The molecule has 3 aromatic rings. The second-order valence-electron chi connectivity index (χ2n) is 6.13. The molecule has 6 heteroatoms. The van der Waals surface area contributed by atoms with Gasteiger partial charge in [-0.1, -0.05) is 41.9 Å². The minimum absolute atomic E-state index is 0.163. The monoisotopic (exact) mass is 368 g/mol. The Morgan fingerprint density at radius 2 is 1.73 bits per heavy atom. The number of rotatable bonds is 5. The van der Waals surface area contributed by atoms with Crippen LogP contribution in [0.4, 0.5) is 11.4 Å². The van der Waals surface area contributed by atoms with Crippen molar-refractivity contribution < 1.29 is 4.79 Å². The van der Waals surface area contributed by atoms with Crippen LogP contribution in [0, 0.1) is 13.8 Å². The summed E-state index contributed by atoms with van der Waals surface area (Å²) in [5.41, 5.74) is 4.22. The van der Waals surface area contributed by atoms with Crippen LogP contribution in [0.25, 0.3) is 5.69 Å². The molecule has 0 saturated carbocycles. The fourth-order valence-corrected chi connectivity index (χ4v) is 2.94. The van der Waals surface area contributed by atoms with Crippen LogP contribution in [0.5, 0.6) is 0 Å². The number of nitrogens with one attached hydrogen (secondary N) is 2. The number of carbonyl (C=O) groups excluding carboxylic acids is 1. The topological polar surface area (TPSA) is 59.0 Å². The average Bonchev–Trinajstić information content (AvgIpc) is 2.92. The number of benzene rings is 2. The molecule has 1 unspecified atom stereocenters. The van der Waals surface area contributed by atoms with Crippen molar-refractivity contribution in [2.75, 3.05) is 10.6 Å². The van der Waals surface area contributed by atoms with Crippen molar-refractivity contribution in [1.29, 1.82) is 0 Å². The third-order valence-corrected chi connectivity index (χ3v) is 4.51. The summed E-state index contributed by atoms with van der Waals surface area (Å²) in [6.07, 6.45) is 0. The lowest BCUT2D eigenvalue weighted by Crippen LogP contribution is -2.32. The summed E-state index contributed by atoms with van der Waals surface area (Å²) in [5.74, 6) is -0.163. The zero-order valence-electron chi connectivity index (χ0n) is 15.0. The molecule has 26 heavy (non-hydrogen) atoms. The van der Waals surface area contributed by atoms with Crippen molar-refractivity contribution in [3.05, 3.63) is 71.0 Å². The van der Waals surface area contributed by atoms with Crippen LogP contribution in [0.2, 0.25) is 5.02 Å². The summed E-state index contributed by atoms with van der Waals surface area (Å²) in [6.45, 7) is 5.71. The van der Waals surface area contributed by atoms with Crippen molar-refractivity contribution in [2.45, 2.75) is 26.8 Å². The molecule has 0 aliphatic heterocycles. The summed E-state index contributed by atoms with van der Waals surface area (Å²) < 4.78 is 1.87. The van der Waals surface area contributed by atoms with Crippen LogP contribution in [0.15, 0.2) is 54.6 Å². The summed E-state index contributed by atoms with van der Waals surface area (Å²) in [7, 11) is 0. The number of amides is 1. The van der Waals surface area contributed by atoms with E-state index in [9.17, 15) is 4.79 Å². The normalized spacial score (nSPS) is 11.8. The molecule has 0 radical (unpaired) electrons. The molecule has 1 amide bonds. The van der Waals surface area contributed by atoms with Gasteiger partial charge >= 0.3 is 0 Å². The summed E-state index contributed by atoms with van der Waals surface area (Å²) in [5, 5.41) is 11.2. The van der Waals surface area contributed by atoms with E-state index in [1.54, 1.807) is 12.1 Å². The Morgan fingerprint density at radius 1 is 1.08 bits per heavy atom. The summed E-state index contributed by atoms with van der Waals surface area (Å²) >= 11 is 6.11. The van der Waals surface area contributed by atoms with E-state index in [1.807, 2.05) is 67.9 Å². The molecule has 1 aromatic heterocycles. The molecular weight excluding hydrogens is 348 g/mol. The first-order valence-electron chi connectivity index (χ1n) is 8.41. The Morgan fingerprint density at radius 3 is 2.42 bits per heavy atom. The Bertz CT molecular complexity index is 921. The number of aromatic nitrogens is 2. The quantitative estimate of drug-likeness (QED) is 0.692. The minimum Gasteiger partial charge on any atom is -0.371 e. The van der Waals surface area contributed by atoms with E-state index in [4.69, 9.17) is 11.6 Å². The van der Waals surface area contributed by atoms with Crippen LogP contribution in [-0.2, 0) is 4.79 Å². The zero-order valence-corrected chi connectivity index (χ0v) is 15.7. The predicted octanol–water partition coefficient (Wildman–Crippen LogP) is 4.58. The second-order valence-corrected chi connectivity index (χ2v) is 6.54. The Labute approximate surface area is 158 Å². The maximum atomic E-state index is 12.5. The number of aryl methyl sites for hydroxylation is 1. The van der Waals surface area contributed by atoms with E-state index in [2.05, 4.69) is 15.7 Å². The number of anilines is 2. The molecule has 0 saturated heterocycles. The van der Waals surface area contributed by atoms with Gasteiger partial charge in [0.2, 0.25) is 5.91 Å². The minimum atomic E-state index is -0.447. The van der Waals surface area contributed by atoms with Gasteiger partial charge in [-0.3, -0.25) is 4.79 Å². The Balaban J connectivity index is 1.77. The molecule has 2 N–H and O–H groups in total. The lowest BCUT2D eigenvalue weighted by atomic mass is 10.2. The van der Waals surface area contributed by atoms with Crippen molar-refractivity contribution in [3.8, 4) is 5.69 Å². The zero-order chi connectivity index (χ0) is 18.7. The molecule has 1 heterocycles. The number of para-hydroxylation sites is 2. The average molecular weight is 369 g/mol. The molecule has 3 rings (SSSR count). The number of nitrogens with zero attached hydrogens (tertiary/aromatic N) is 2. The molecule has 1 atom stereocenters. The SMILES string of the molecule is Cc1nn(-c2ccccc2)c(C)c1NC(C)C(=O)Nc1ccccc1Cl. The van der Waals surface area contributed by atoms with E-state index in [0.717, 1.165) is 22.8 Å². The van der Waals surface area contributed by atoms with Crippen LogP contribution in [0.1, 0.15) is 18.3 Å². The fourth-order valence-electron chi connectivity index (χ4n) is 2.76. The standard InChI is InChI=1S/C20H21ClN4O/c1-13-19(15(3)25(24-13)16-9-5-4-6-10-16)22-14(2)20(26)23-18-12-8-7-11-17(18)21/h4-12,14,22H,1-3H3,(H,23,26). The first-order chi connectivity index (χ1) is 12.5. The van der Waals surface area contributed by atoms with E-state index < -0.39 is 6.04 Å². The molecule has 0 fully saturated rings. The van der Waals surface area contributed by atoms with Crippen molar-refractivity contribution in [2.24, 2.45) is 0 Å². The maximum Gasteiger partial charge on any atom is 0.246 e. The van der Waals surface area contributed by atoms with Crippen molar-refractivity contribution in [3.63, 3.8) is 0 Å². The van der Waals surface area contributed by atoms with Gasteiger partial charge < -0.3 is 10.6 Å². The highest BCUT2D eigenvalue weighted by molar-refractivity contribution is 6.33. The third kappa shape index (κ3) is 3.73. The van der Waals surface area contributed by atoms with E-state index >= 15 is 0 Å². The van der Waals surface area contributed by atoms with Gasteiger partial charge in [0.25, 0.3) is 0 Å². The van der Waals surface area contributed by atoms with Crippen molar-refractivity contribution in [1.82, 2.24) is 9.78 Å². The Kier molecular flexibility index (Phi) is 5.28. The molecular formula is C20H21ClN4O. The lowest BCUT2D eigenvalue weighted by molar-refractivity contribution is -0.116. The predicted molar refractivity (Wildman–Crippen MR) is 106 cm³/mol. The lowest BCUT2D eigenvalue weighted by Gasteiger charge is -2.16. The van der Waals surface area contributed by atoms with Gasteiger partial charge in [0, 0.05) is 0 Å². The molecule has 0 aliphatic carbocycles. The molecule has 5 nitrogen and oxygen atoms in total. The van der Waals surface area contributed by atoms with Gasteiger partial charge in [0.05, 0.1) is 33.5 Å². The van der Waals surface area contributed by atoms with Gasteiger partial charge in [0.15, 0.2) is 0 Å². The summed E-state index contributed by atoms with van der Waals surface area (Å²) in [6, 6.07) is 16.6. The first-order valence-corrected chi connectivity index (χ1v) is 8.78. The van der Waals surface area contributed by atoms with Crippen molar-refractivity contribution >= 4 is 28.9 Å². The molecule has 0 aliphatic rings. The molecule has 0 bridgehead atoms. The van der Waals surface area contributed by atoms with Crippen LogP contribution >= 0.6 is 11.6 Å². The molecule has 0 spiro atoms. The van der Waals surface area contributed by atoms with Crippen LogP contribution in [-0.4, -0.2) is 21.7 Å². The van der Waals surface area contributed by atoms with Crippen LogP contribution < -0.4 is 10.6 Å². The van der Waals surface area contributed by atoms with Gasteiger partial charge in [-0.15, -0.1) is 0 Å². The molecule has 134 valence electrons. The van der Waals surface area contributed by atoms with Gasteiger partial charge in [-0.2, -0.15) is 5.10 Å². The van der Waals surface area contributed by atoms with Gasteiger partial charge in [0.1, 0.15) is 6.04 Å². The second kappa shape index (κ2) is 7.62. The van der Waals surface area contributed by atoms with E-state index in [-0.39, 0.29) is 5.91 Å². The highest BCUT2D eigenvalue weighted by Gasteiger charge is 2.19. The smallest absolute Gasteiger partial charge is 0.246 e. The number of hydrogen-bond acceptors (Lipinski definition) is 3. The number of carbonyl (C=O) groups is 1. The van der Waals surface area contributed by atoms with Crippen LogP contribution in [0.3, 0.4) is 0 Å². The third-order valence-electron chi connectivity index (χ3n) is 4.18. The first kappa shape index (κ1) is 18.0. The van der Waals surface area contributed by atoms with Gasteiger partial charge in [-0.05, 0) is 45.0 Å². The highest BCUT2D eigenvalue weighted by atomic mass is 35.5. The van der Waals surface area contributed by atoms with Gasteiger partial charge in [-0.25, -0.2) is 4.68 Å². The van der Waals surface area contributed by atoms with E-state index in [1.165, 1.54) is 0 Å². The number of halogens is 1. The largest absolute Gasteiger partial charge is 0.371 e. The maximum absolute atomic E-state index is 12.5. The van der Waals surface area contributed by atoms with E-state index in [0.29, 0.717) is 10.7 Å². The fraction of sp³-hybridized carbons (Fsp3) is 0.200. The Hall–Kier alpha value is -2.79. The number of hydrogen-bond donors (Lipinski definition) is 2. The summed E-state index contributed by atoms with van der Waals surface area (Å²) in [4.78, 5) is 12.5.